The fourth-order valence-corrected chi connectivity index (χ4v) is 3.43. The molecule has 1 heterocycles. The maximum atomic E-state index is 6.05. The van der Waals surface area contributed by atoms with Gasteiger partial charge in [-0.1, -0.05) is 35.9 Å². The third kappa shape index (κ3) is 5.81. The Bertz CT molecular complexity index is 706. The van der Waals surface area contributed by atoms with E-state index < -0.39 is 0 Å². The van der Waals surface area contributed by atoms with Crippen LogP contribution in [0.5, 0.6) is 5.75 Å². The molecule has 0 saturated carbocycles. The van der Waals surface area contributed by atoms with Crippen LogP contribution in [0.1, 0.15) is 23.6 Å². The first-order valence-electron chi connectivity index (χ1n) is 8.20. The van der Waals surface area contributed by atoms with Crippen molar-refractivity contribution in [3.63, 3.8) is 0 Å². The molecule has 0 spiro atoms. The molecular formula is C19H24IN3OS. The Labute approximate surface area is 170 Å². The van der Waals surface area contributed by atoms with Crippen LogP contribution in [-0.2, 0) is 0 Å². The molecule has 0 bridgehead atoms. The standard InChI is InChI=1S/C19H23N3OS.HI/c1-14-6-8-15(9-7-14)24-13-11-21-19(20)22-17-10-12-23-18-5-3-2-4-16(17)18;/h2-9,17H,10-13H2,1H3,(H3,20,21,22);1H. The monoisotopic (exact) mass is 469 g/mol. The fourth-order valence-electron chi connectivity index (χ4n) is 2.68. The van der Waals surface area contributed by atoms with Gasteiger partial charge in [0.1, 0.15) is 5.75 Å². The van der Waals surface area contributed by atoms with E-state index in [0.29, 0.717) is 19.1 Å². The zero-order chi connectivity index (χ0) is 16.8. The van der Waals surface area contributed by atoms with Crippen molar-refractivity contribution in [1.29, 1.82) is 0 Å². The summed E-state index contributed by atoms with van der Waals surface area (Å²) < 4.78 is 5.67. The van der Waals surface area contributed by atoms with Crippen LogP contribution in [0, 0.1) is 6.92 Å². The first-order valence-corrected chi connectivity index (χ1v) is 9.18. The molecular weight excluding hydrogens is 445 g/mol. The zero-order valence-corrected chi connectivity index (χ0v) is 17.4. The molecule has 0 fully saturated rings. The number of hydrogen-bond acceptors (Lipinski definition) is 3. The molecule has 1 atom stereocenters. The van der Waals surface area contributed by atoms with Crippen molar-refractivity contribution in [3.05, 3.63) is 59.7 Å². The van der Waals surface area contributed by atoms with Crippen molar-refractivity contribution < 1.29 is 4.74 Å². The molecule has 4 nitrogen and oxygen atoms in total. The Balaban J connectivity index is 0.00000225. The lowest BCUT2D eigenvalue weighted by molar-refractivity contribution is 0.262. The van der Waals surface area contributed by atoms with Crippen LogP contribution >= 0.6 is 35.7 Å². The molecule has 0 radical (unpaired) electrons. The van der Waals surface area contributed by atoms with Gasteiger partial charge in [0.25, 0.3) is 0 Å². The number of benzene rings is 2. The van der Waals surface area contributed by atoms with E-state index in [2.05, 4.69) is 47.6 Å². The van der Waals surface area contributed by atoms with Crippen LogP contribution in [0.15, 0.2) is 58.4 Å². The van der Waals surface area contributed by atoms with Gasteiger partial charge in [0, 0.05) is 22.6 Å². The molecule has 2 aromatic carbocycles. The second-order valence-corrected chi connectivity index (χ2v) is 6.97. The van der Waals surface area contributed by atoms with Crippen molar-refractivity contribution in [3.8, 4) is 5.75 Å². The quantitative estimate of drug-likeness (QED) is 0.227. The number of rotatable bonds is 5. The summed E-state index contributed by atoms with van der Waals surface area (Å²) in [6, 6.07) is 16.8. The first-order chi connectivity index (χ1) is 11.7. The molecule has 0 amide bonds. The lowest BCUT2D eigenvalue weighted by atomic mass is 10.0. The number of nitrogens with one attached hydrogen (secondary N) is 1. The van der Waals surface area contributed by atoms with E-state index >= 15 is 0 Å². The van der Waals surface area contributed by atoms with Crippen molar-refractivity contribution >= 4 is 41.7 Å². The van der Waals surface area contributed by atoms with E-state index in [1.165, 1.54) is 10.5 Å². The molecule has 1 aliphatic heterocycles. The van der Waals surface area contributed by atoms with Gasteiger partial charge >= 0.3 is 0 Å². The number of aryl methyl sites for hydroxylation is 1. The first kappa shape index (κ1) is 19.9. The number of aliphatic imine (C=N–C) groups is 1. The summed E-state index contributed by atoms with van der Waals surface area (Å²) in [6.07, 6.45) is 0.894. The number of guanidine groups is 1. The number of nitrogens with two attached hydrogens (primary N) is 1. The zero-order valence-electron chi connectivity index (χ0n) is 14.3. The predicted molar refractivity (Wildman–Crippen MR) is 116 cm³/mol. The minimum Gasteiger partial charge on any atom is -0.493 e. The summed E-state index contributed by atoms with van der Waals surface area (Å²) in [7, 11) is 0. The van der Waals surface area contributed by atoms with Gasteiger partial charge in [-0.3, -0.25) is 4.99 Å². The lowest BCUT2D eigenvalue weighted by Crippen LogP contribution is -2.37. The number of hydrogen-bond donors (Lipinski definition) is 2. The molecule has 0 aromatic heterocycles. The van der Waals surface area contributed by atoms with Gasteiger partial charge in [0.05, 0.1) is 19.2 Å². The molecule has 0 aliphatic carbocycles. The average molecular weight is 469 g/mol. The SMILES string of the molecule is Cc1ccc(SCCN=C(N)NC2CCOc3ccccc32)cc1.I. The second kappa shape index (κ2) is 9.91. The van der Waals surface area contributed by atoms with Gasteiger partial charge in [0.15, 0.2) is 5.96 Å². The van der Waals surface area contributed by atoms with E-state index in [1.807, 2.05) is 18.2 Å². The van der Waals surface area contributed by atoms with Crippen LogP contribution in [0.4, 0.5) is 0 Å². The Hall–Kier alpha value is -1.41. The summed E-state index contributed by atoms with van der Waals surface area (Å²) in [5, 5.41) is 3.32. The summed E-state index contributed by atoms with van der Waals surface area (Å²) >= 11 is 1.80. The Morgan fingerprint density at radius 3 is 2.80 bits per heavy atom. The molecule has 0 saturated heterocycles. The Kier molecular flexibility index (Phi) is 7.90. The minimum absolute atomic E-state index is 0. The van der Waals surface area contributed by atoms with Gasteiger partial charge in [-0.2, -0.15) is 0 Å². The highest BCUT2D eigenvalue weighted by Crippen LogP contribution is 2.31. The third-order valence-corrected chi connectivity index (χ3v) is 4.94. The summed E-state index contributed by atoms with van der Waals surface area (Å²) in [5.41, 5.74) is 8.48. The Morgan fingerprint density at radius 1 is 1.24 bits per heavy atom. The molecule has 134 valence electrons. The van der Waals surface area contributed by atoms with E-state index in [0.717, 1.165) is 23.5 Å². The average Bonchev–Trinajstić information content (AvgIpc) is 2.61. The Morgan fingerprint density at radius 2 is 2.00 bits per heavy atom. The third-order valence-electron chi connectivity index (χ3n) is 3.94. The number of thioether (sulfide) groups is 1. The van der Waals surface area contributed by atoms with Crippen LogP contribution in [-0.4, -0.2) is 24.9 Å². The number of halogens is 1. The van der Waals surface area contributed by atoms with Gasteiger partial charge in [0.2, 0.25) is 0 Å². The molecule has 25 heavy (non-hydrogen) atoms. The fraction of sp³-hybridized carbons (Fsp3) is 0.316. The van der Waals surface area contributed by atoms with E-state index in [4.69, 9.17) is 10.5 Å². The molecule has 3 rings (SSSR count). The summed E-state index contributed by atoms with van der Waals surface area (Å²) in [6.45, 7) is 3.49. The summed E-state index contributed by atoms with van der Waals surface area (Å²) in [5.74, 6) is 2.35. The van der Waals surface area contributed by atoms with Gasteiger partial charge in [-0.25, -0.2) is 0 Å². The highest BCUT2D eigenvalue weighted by atomic mass is 127. The highest BCUT2D eigenvalue weighted by Gasteiger charge is 2.21. The van der Waals surface area contributed by atoms with E-state index in [9.17, 15) is 0 Å². The van der Waals surface area contributed by atoms with Gasteiger partial charge in [-0.05, 0) is 25.1 Å². The van der Waals surface area contributed by atoms with Crippen molar-refractivity contribution in [2.45, 2.75) is 24.3 Å². The lowest BCUT2D eigenvalue weighted by Gasteiger charge is -2.26. The molecule has 1 unspecified atom stereocenters. The normalized spacial score (nSPS) is 16.4. The van der Waals surface area contributed by atoms with Crippen molar-refractivity contribution in [2.75, 3.05) is 18.9 Å². The molecule has 6 heteroatoms. The largest absolute Gasteiger partial charge is 0.493 e. The van der Waals surface area contributed by atoms with Crippen molar-refractivity contribution in [2.24, 2.45) is 10.7 Å². The van der Waals surface area contributed by atoms with E-state index in [1.54, 1.807) is 11.8 Å². The van der Waals surface area contributed by atoms with Gasteiger partial charge < -0.3 is 15.8 Å². The van der Waals surface area contributed by atoms with Crippen LogP contribution in [0.2, 0.25) is 0 Å². The molecule has 3 N–H and O–H groups in total. The highest BCUT2D eigenvalue weighted by molar-refractivity contribution is 14.0. The number of fused-ring (bicyclic) bond motifs is 1. The van der Waals surface area contributed by atoms with Crippen LogP contribution in [0.25, 0.3) is 0 Å². The topological polar surface area (TPSA) is 59.6 Å². The second-order valence-electron chi connectivity index (χ2n) is 5.80. The number of para-hydroxylation sites is 1. The molecule has 1 aliphatic rings. The predicted octanol–water partition coefficient (Wildman–Crippen LogP) is 4.13. The van der Waals surface area contributed by atoms with E-state index in [-0.39, 0.29) is 30.0 Å². The number of nitrogens with zero attached hydrogens (tertiary/aromatic N) is 1. The maximum absolute atomic E-state index is 6.05. The van der Waals surface area contributed by atoms with Crippen molar-refractivity contribution in [1.82, 2.24) is 5.32 Å². The van der Waals surface area contributed by atoms with Crippen LogP contribution in [0.3, 0.4) is 0 Å². The smallest absolute Gasteiger partial charge is 0.189 e. The minimum atomic E-state index is 0. The number of ether oxygens (including phenoxy) is 1. The van der Waals surface area contributed by atoms with Gasteiger partial charge in [-0.15, -0.1) is 35.7 Å². The maximum Gasteiger partial charge on any atom is 0.189 e. The summed E-state index contributed by atoms with van der Waals surface area (Å²) in [4.78, 5) is 5.71. The van der Waals surface area contributed by atoms with Crippen LogP contribution < -0.4 is 15.8 Å². The molecule has 2 aromatic rings.